The monoisotopic (exact) mass is 228 g/mol. The van der Waals surface area contributed by atoms with Crippen LogP contribution in [0.5, 0.6) is 0 Å². The van der Waals surface area contributed by atoms with E-state index in [0.717, 1.165) is 10.6 Å². The van der Waals surface area contributed by atoms with Crippen LogP contribution in [0.2, 0.25) is 0 Å². The molecule has 7 heteroatoms. The molecule has 1 aromatic rings. The summed E-state index contributed by atoms with van der Waals surface area (Å²) in [7, 11) is 0. The van der Waals surface area contributed by atoms with Crippen molar-refractivity contribution >= 4 is 0 Å². The number of hydrogen-bond acceptors (Lipinski definition) is 5. The number of aliphatic hydroxyl groups excluding tert-OH is 1. The number of nitrogens with zero attached hydrogens (tertiary/aromatic N) is 1. The minimum absolute atomic E-state index is 0.0662. The Labute approximate surface area is 89.9 Å². The van der Waals surface area contributed by atoms with E-state index in [-0.39, 0.29) is 6.61 Å². The van der Waals surface area contributed by atoms with Crippen LogP contribution in [0, 0.1) is 0 Å². The lowest BCUT2D eigenvalue weighted by atomic mass is 10.0. The van der Waals surface area contributed by atoms with Crippen molar-refractivity contribution in [2.45, 2.75) is 24.9 Å². The van der Waals surface area contributed by atoms with Crippen LogP contribution in [0.3, 0.4) is 0 Å². The summed E-state index contributed by atoms with van der Waals surface area (Å²) in [6, 6.07) is 1.14. The summed E-state index contributed by atoms with van der Waals surface area (Å²) >= 11 is 0. The standard InChI is InChI=1S/C9H12N2O5/c1-9(15)5(12)4-16-7(9)11-3-2-6(13)10-8(11)14/h2-3,5,7,12,15H,4H2,1H3,(H,10,13,14)/t5-,7-,9-/m1/s1. The van der Waals surface area contributed by atoms with Crippen molar-refractivity contribution in [3.8, 4) is 0 Å². The normalized spacial score (nSPS) is 34.2. The zero-order valence-electron chi connectivity index (χ0n) is 8.58. The summed E-state index contributed by atoms with van der Waals surface area (Å²) in [4.78, 5) is 24.4. The first-order valence-electron chi connectivity index (χ1n) is 4.76. The van der Waals surface area contributed by atoms with Gasteiger partial charge in [0.2, 0.25) is 0 Å². The van der Waals surface area contributed by atoms with E-state index in [2.05, 4.69) is 0 Å². The molecule has 0 radical (unpaired) electrons. The lowest BCUT2D eigenvalue weighted by Crippen LogP contribution is -2.45. The molecule has 0 amide bonds. The zero-order chi connectivity index (χ0) is 11.9. The van der Waals surface area contributed by atoms with E-state index >= 15 is 0 Å². The molecule has 1 aliphatic rings. The van der Waals surface area contributed by atoms with Crippen LogP contribution in [0.25, 0.3) is 0 Å². The van der Waals surface area contributed by atoms with Gasteiger partial charge in [-0.3, -0.25) is 14.3 Å². The largest absolute Gasteiger partial charge is 0.388 e. The summed E-state index contributed by atoms with van der Waals surface area (Å²) in [5, 5.41) is 19.4. The van der Waals surface area contributed by atoms with Crippen molar-refractivity contribution in [3.05, 3.63) is 33.1 Å². The third kappa shape index (κ3) is 1.58. The first kappa shape index (κ1) is 11.1. The van der Waals surface area contributed by atoms with E-state index < -0.39 is 29.2 Å². The van der Waals surface area contributed by atoms with Gasteiger partial charge in [-0.2, -0.15) is 0 Å². The molecule has 2 rings (SSSR count). The van der Waals surface area contributed by atoms with Gasteiger partial charge in [-0.1, -0.05) is 0 Å². The molecular formula is C9H12N2O5. The molecule has 3 N–H and O–H groups in total. The second-order valence-electron chi connectivity index (χ2n) is 3.94. The summed E-state index contributed by atoms with van der Waals surface area (Å²) in [6.45, 7) is 1.30. The van der Waals surface area contributed by atoms with Crippen LogP contribution in [-0.2, 0) is 4.74 Å². The Balaban J connectivity index is 2.46. The van der Waals surface area contributed by atoms with Crippen LogP contribution in [0.4, 0.5) is 0 Å². The lowest BCUT2D eigenvalue weighted by Gasteiger charge is -2.27. The van der Waals surface area contributed by atoms with Gasteiger partial charge in [0.1, 0.15) is 11.7 Å². The first-order valence-corrected chi connectivity index (χ1v) is 4.76. The van der Waals surface area contributed by atoms with Gasteiger partial charge >= 0.3 is 5.69 Å². The van der Waals surface area contributed by atoms with Gasteiger partial charge in [-0.25, -0.2) is 4.79 Å². The lowest BCUT2D eigenvalue weighted by molar-refractivity contribution is -0.0957. The molecule has 1 fully saturated rings. The molecule has 1 saturated heterocycles. The Kier molecular flexibility index (Phi) is 2.45. The molecule has 0 saturated carbocycles. The molecule has 88 valence electrons. The van der Waals surface area contributed by atoms with Crippen LogP contribution in [0.1, 0.15) is 13.2 Å². The molecule has 0 aliphatic carbocycles. The molecule has 7 nitrogen and oxygen atoms in total. The number of H-pyrrole nitrogens is 1. The Hall–Kier alpha value is -1.44. The predicted octanol–water partition coefficient (Wildman–Crippen LogP) is -1.82. The van der Waals surface area contributed by atoms with Crippen molar-refractivity contribution in [1.82, 2.24) is 9.55 Å². The Bertz CT molecular complexity index is 503. The summed E-state index contributed by atoms with van der Waals surface area (Å²) in [5.74, 6) is 0. The highest BCUT2D eigenvalue weighted by molar-refractivity contribution is 4.96. The molecule has 16 heavy (non-hydrogen) atoms. The van der Waals surface area contributed by atoms with Gasteiger partial charge < -0.3 is 14.9 Å². The second-order valence-corrected chi connectivity index (χ2v) is 3.94. The van der Waals surface area contributed by atoms with Gasteiger partial charge in [0, 0.05) is 12.3 Å². The number of ether oxygens (including phenoxy) is 1. The molecule has 3 atom stereocenters. The molecular weight excluding hydrogens is 216 g/mol. The second kappa shape index (κ2) is 3.55. The molecule has 0 aromatic carbocycles. The summed E-state index contributed by atoms with van der Waals surface area (Å²) in [5.41, 5.74) is -2.78. The van der Waals surface area contributed by atoms with Gasteiger partial charge in [0.15, 0.2) is 6.23 Å². The smallest absolute Gasteiger partial charge is 0.330 e. The highest BCUT2D eigenvalue weighted by Crippen LogP contribution is 2.32. The number of aromatic amines is 1. The van der Waals surface area contributed by atoms with Crippen molar-refractivity contribution in [3.63, 3.8) is 0 Å². The van der Waals surface area contributed by atoms with E-state index in [1.54, 1.807) is 0 Å². The van der Waals surface area contributed by atoms with Gasteiger partial charge in [0.05, 0.1) is 6.61 Å². The third-order valence-electron chi connectivity index (χ3n) is 2.69. The van der Waals surface area contributed by atoms with Crippen molar-refractivity contribution in [2.24, 2.45) is 0 Å². The van der Waals surface area contributed by atoms with Crippen molar-refractivity contribution in [2.75, 3.05) is 6.61 Å². The fraction of sp³-hybridized carbons (Fsp3) is 0.556. The Morgan fingerprint density at radius 3 is 2.81 bits per heavy atom. The Morgan fingerprint density at radius 1 is 1.62 bits per heavy atom. The molecule has 0 bridgehead atoms. The fourth-order valence-corrected chi connectivity index (χ4v) is 1.66. The SMILES string of the molecule is C[C@@]1(O)[C@H](O)CO[C@H]1n1ccc(=O)[nH]c1=O. The predicted molar refractivity (Wildman–Crippen MR) is 52.9 cm³/mol. The van der Waals surface area contributed by atoms with E-state index in [1.807, 2.05) is 4.98 Å². The van der Waals surface area contributed by atoms with E-state index in [0.29, 0.717) is 0 Å². The maximum atomic E-state index is 11.5. The van der Waals surface area contributed by atoms with Crippen LogP contribution < -0.4 is 11.2 Å². The van der Waals surface area contributed by atoms with Crippen molar-refractivity contribution < 1.29 is 14.9 Å². The first-order chi connectivity index (χ1) is 7.43. The van der Waals surface area contributed by atoms with Gasteiger partial charge in [-0.05, 0) is 6.92 Å². The molecule has 0 unspecified atom stereocenters. The average Bonchev–Trinajstić information content (AvgIpc) is 2.44. The molecule has 1 aromatic heterocycles. The number of aliphatic hydroxyl groups is 2. The summed E-state index contributed by atoms with van der Waals surface area (Å²) < 4.78 is 6.17. The van der Waals surface area contributed by atoms with E-state index in [1.165, 1.54) is 13.1 Å². The van der Waals surface area contributed by atoms with E-state index in [9.17, 15) is 19.8 Å². The number of hydrogen-bond donors (Lipinski definition) is 3. The molecule has 2 heterocycles. The quantitative estimate of drug-likeness (QED) is 0.525. The average molecular weight is 228 g/mol. The Morgan fingerprint density at radius 2 is 2.31 bits per heavy atom. The highest BCUT2D eigenvalue weighted by atomic mass is 16.5. The van der Waals surface area contributed by atoms with Crippen LogP contribution in [0.15, 0.2) is 21.9 Å². The fourth-order valence-electron chi connectivity index (χ4n) is 1.66. The van der Waals surface area contributed by atoms with E-state index in [4.69, 9.17) is 4.74 Å². The van der Waals surface area contributed by atoms with Gasteiger partial charge in [-0.15, -0.1) is 0 Å². The minimum Gasteiger partial charge on any atom is -0.388 e. The number of rotatable bonds is 1. The van der Waals surface area contributed by atoms with Gasteiger partial charge in [0.25, 0.3) is 5.56 Å². The zero-order valence-corrected chi connectivity index (χ0v) is 8.58. The minimum atomic E-state index is -1.57. The third-order valence-corrected chi connectivity index (χ3v) is 2.69. The highest BCUT2D eigenvalue weighted by Gasteiger charge is 2.47. The maximum Gasteiger partial charge on any atom is 0.330 e. The number of aromatic nitrogens is 2. The summed E-state index contributed by atoms with van der Waals surface area (Å²) in [6.07, 6.45) is -0.860. The maximum absolute atomic E-state index is 11.5. The molecule has 0 spiro atoms. The number of nitrogens with one attached hydrogen (secondary N) is 1. The van der Waals surface area contributed by atoms with Crippen LogP contribution in [-0.4, -0.2) is 38.1 Å². The van der Waals surface area contributed by atoms with Crippen LogP contribution >= 0.6 is 0 Å². The van der Waals surface area contributed by atoms with Crippen molar-refractivity contribution in [1.29, 1.82) is 0 Å². The molecule has 1 aliphatic heterocycles. The topological polar surface area (TPSA) is 105 Å².